The number of aryl methyl sites for hydroxylation is 1. The molecule has 0 radical (unpaired) electrons. The molecule has 1 fully saturated rings. The van der Waals surface area contributed by atoms with E-state index in [9.17, 15) is 9.59 Å². The van der Waals surface area contributed by atoms with Gasteiger partial charge in [0.25, 0.3) is 0 Å². The zero-order chi connectivity index (χ0) is 15.4. The molecule has 2 N–H and O–H groups in total. The van der Waals surface area contributed by atoms with Crippen LogP contribution in [0.15, 0.2) is 29.2 Å². The van der Waals surface area contributed by atoms with Crippen LogP contribution < -0.4 is 4.90 Å². The van der Waals surface area contributed by atoms with Gasteiger partial charge >= 0.3 is 0 Å². The highest BCUT2D eigenvalue weighted by Crippen LogP contribution is 2.22. The van der Waals surface area contributed by atoms with E-state index in [0.29, 0.717) is 31.2 Å². The molecule has 0 aliphatic carbocycles. The van der Waals surface area contributed by atoms with Crippen molar-refractivity contribution in [3.05, 3.63) is 30.5 Å². The monoisotopic (exact) mass is 294 g/mol. The van der Waals surface area contributed by atoms with Gasteiger partial charge in [-0.25, -0.2) is 0 Å². The molecule has 21 heavy (non-hydrogen) atoms. The first-order valence-electron chi connectivity index (χ1n) is 6.68. The van der Waals surface area contributed by atoms with E-state index in [1.165, 1.54) is 15.9 Å². The minimum atomic E-state index is -1.38. The van der Waals surface area contributed by atoms with Gasteiger partial charge in [0.05, 0.1) is 0 Å². The number of anilines is 1. The molecule has 2 rings (SSSR count). The smallest absolute Gasteiger partial charge is 0.248 e. The van der Waals surface area contributed by atoms with Crippen LogP contribution in [0.2, 0.25) is 0 Å². The second-order valence-corrected chi connectivity index (χ2v) is 4.77. The molecular formula is C14H18N2O5. The summed E-state index contributed by atoms with van der Waals surface area (Å²) < 4.78 is 5.53. The average Bonchev–Trinajstić information content (AvgIpc) is 2.92. The molecule has 7 nitrogen and oxygen atoms in total. The standard InChI is InChI=1S/C14H18N2O5/c1-2-11(17)15-7-8-16(12(18)9-15)13-5-3-10(21-13)4-6-14(19)20/h2-3,5,14,19-20H,1,4,6-9H2. The molecule has 0 unspecified atom stereocenters. The van der Waals surface area contributed by atoms with Crippen LogP contribution in [-0.4, -0.2) is 52.9 Å². The van der Waals surface area contributed by atoms with Gasteiger partial charge in [-0.05, 0) is 12.1 Å². The van der Waals surface area contributed by atoms with Crippen molar-refractivity contribution < 1.29 is 24.2 Å². The first kappa shape index (κ1) is 15.3. The summed E-state index contributed by atoms with van der Waals surface area (Å²) in [5, 5.41) is 17.6. The number of nitrogens with zero attached hydrogens (tertiary/aromatic N) is 2. The fourth-order valence-electron chi connectivity index (χ4n) is 2.14. The predicted octanol–water partition coefficient (Wildman–Crippen LogP) is -0.116. The van der Waals surface area contributed by atoms with Crippen LogP contribution in [0.5, 0.6) is 0 Å². The van der Waals surface area contributed by atoms with E-state index in [4.69, 9.17) is 14.6 Å². The molecule has 1 aliphatic heterocycles. The van der Waals surface area contributed by atoms with Crippen molar-refractivity contribution >= 4 is 17.7 Å². The Morgan fingerprint density at radius 2 is 2.19 bits per heavy atom. The Morgan fingerprint density at radius 1 is 1.43 bits per heavy atom. The van der Waals surface area contributed by atoms with E-state index < -0.39 is 6.29 Å². The summed E-state index contributed by atoms with van der Waals surface area (Å²) in [4.78, 5) is 26.4. The molecule has 114 valence electrons. The van der Waals surface area contributed by atoms with Crippen molar-refractivity contribution in [1.82, 2.24) is 4.90 Å². The zero-order valence-corrected chi connectivity index (χ0v) is 11.6. The Hall–Kier alpha value is -2.12. The molecule has 1 aliphatic rings. The summed E-state index contributed by atoms with van der Waals surface area (Å²) in [7, 11) is 0. The summed E-state index contributed by atoms with van der Waals surface area (Å²) in [5.41, 5.74) is 0. The Labute approximate surface area is 122 Å². The highest BCUT2D eigenvalue weighted by Gasteiger charge is 2.28. The number of aliphatic hydroxyl groups excluding tert-OH is 1. The first-order valence-corrected chi connectivity index (χ1v) is 6.68. The third kappa shape index (κ3) is 3.71. The largest absolute Gasteiger partial charge is 0.445 e. The number of hydrogen-bond donors (Lipinski definition) is 2. The third-order valence-electron chi connectivity index (χ3n) is 3.27. The first-order chi connectivity index (χ1) is 10.0. The number of hydrogen-bond acceptors (Lipinski definition) is 5. The number of piperazine rings is 1. The molecule has 2 heterocycles. The molecule has 0 bridgehead atoms. The summed E-state index contributed by atoms with van der Waals surface area (Å²) >= 11 is 0. The second-order valence-electron chi connectivity index (χ2n) is 4.77. The van der Waals surface area contributed by atoms with Crippen LogP contribution in [0.1, 0.15) is 12.2 Å². The molecule has 1 aromatic heterocycles. The van der Waals surface area contributed by atoms with E-state index in [1.807, 2.05) is 0 Å². The normalized spacial score (nSPS) is 15.7. The fourth-order valence-corrected chi connectivity index (χ4v) is 2.14. The van der Waals surface area contributed by atoms with E-state index in [-0.39, 0.29) is 24.8 Å². The summed E-state index contributed by atoms with van der Waals surface area (Å²) in [5.74, 6) is 0.503. The lowest BCUT2D eigenvalue weighted by Gasteiger charge is -2.32. The van der Waals surface area contributed by atoms with E-state index in [1.54, 1.807) is 12.1 Å². The Kier molecular flexibility index (Phi) is 4.77. The summed E-state index contributed by atoms with van der Waals surface area (Å²) in [6.45, 7) is 4.17. The molecule has 0 atom stereocenters. The van der Waals surface area contributed by atoms with Gasteiger partial charge in [0.1, 0.15) is 12.3 Å². The van der Waals surface area contributed by atoms with Crippen molar-refractivity contribution in [2.75, 3.05) is 24.5 Å². The molecule has 2 amide bonds. The maximum Gasteiger partial charge on any atom is 0.248 e. The minimum Gasteiger partial charge on any atom is -0.445 e. The minimum absolute atomic E-state index is 0.00373. The number of carbonyl (C=O) groups is 2. The van der Waals surface area contributed by atoms with Gasteiger partial charge in [-0.2, -0.15) is 0 Å². The molecular weight excluding hydrogens is 276 g/mol. The molecule has 1 saturated heterocycles. The lowest BCUT2D eigenvalue weighted by Crippen LogP contribution is -2.52. The Bertz CT molecular complexity index is 537. The summed E-state index contributed by atoms with van der Waals surface area (Å²) in [6.07, 6.45) is 0.353. The van der Waals surface area contributed by atoms with Crippen LogP contribution in [0.3, 0.4) is 0 Å². The maximum absolute atomic E-state index is 12.1. The Morgan fingerprint density at radius 3 is 2.81 bits per heavy atom. The topological polar surface area (TPSA) is 94.2 Å². The molecule has 7 heteroatoms. The Balaban J connectivity index is 1.98. The van der Waals surface area contributed by atoms with Crippen LogP contribution in [0.25, 0.3) is 0 Å². The lowest BCUT2D eigenvalue weighted by molar-refractivity contribution is -0.133. The quantitative estimate of drug-likeness (QED) is 0.583. The highest BCUT2D eigenvalue weighted by molar-refractivity contribution is 5.98. The maximum atomic E-state index is 12.1. The zero-order valence-electron chi connectivity index (χ0n) is 11.6. The van der Waals surface area contributed by atoms with Crippen LogP contribution in [-0.2, 0) is 16.0 Å². The number of aliphatic hydroxyl groups is 2. The van der Waals surface area contributed by atoms with Crippen molar-refractivity contribution in [1.29, 1.82) is 0 Å². The van der Waals surface area contributed by atoms with Gasteiger partial charge in [0.2, 0.25) is 17.7 Å². The van der Waals surface area contributed by atoms with Crippen LogP contribution in [0.4, 0.5) is 5.88 Å². The van der Waals surface area contributed by atoms with Gasteiger partial charge in [0.15, 0.2) is 6.29 Å². The third-order valence-corrected chi connectivity index (χ3v) is 3.27. The lowest BCUT2D eigenvalue weighted by atomic mass is 10.2. The van der Waals surface area contributed by atoms with Gasteiger partial charge in [-0.3, -0.25) is 14.5 Å². The highest BCUT2D eigenvalue weighted by atomic mass is 16.5. The van der Waals surface area contributed by atoms with Crippen molar-refractivity contribution in [3.63, 3.8) is 0 Å². The fraction of sp³-hybridized carbons (Fsp3) is 0.429. The molecule has 1 aromatic rings. The van der Waals surface area contributed by atoms with E-state index >= 15 is 0 Å². The van der Waals surface area contributed by atoms with E-state index in [0.717, 1.165) is 0 Å². The second kappa shape index (κ2) is 6.55. The van der Waals surface area contributed by atoms with Crippen molar-refractivity contribution in [2.24, 2.45) is 0 Å². The van der Waals surface area contributed by atoms with Gasteiger partial charge in [0, 0.05) is 32.0 Å². The van der Waals surface area contributed by atoms with Crippen LogP contribution >= 0.6 is 0 Å². The molecule has 0 saturated carbocycles. The molecule has 0 aromatic carbocycles. The van der Waals surface area contributed by atoms with Crippen molar-refractivity contribution in [3.8, 4) is 0 Å². The van der Waals surface area contributed by atoms with Gasteiger partial charge in [-0.15, -0.1) is 0 Å². The van der Waals surface area contributed by atoms with Gasteiger partial charge < -0.3 is 19.5 Å². The van der Waals surface area contributed by atoms with Crippen molar-refractivity contribution in [2.45, 2.75) is 19.1 Å². The SMILES string of the molecule is C=CC(=O)N1CCN(c2ccc(CCC(O)O)o2)C(=O)C1. The number of furan rings is 1. The number of carbonyl (C=O) groups excluding carboxylic acids is 2. The number of amides is 2. The van der Waals surface area contributed by atoms with Crippen LogP contribution in [0, 0.1) is 0 Å². The average molecular weight is 294 g/mol. The summed E-state index contributed by atoms with van der Waals surface area (Å²) in [6, 6.07) is 3.37. The molecule has 0 spiro atoms. The van der Waals surface area contributed by atoms with Gasteiger partial charge in [-0.1, -0.05) is 6.58 Å². The van der Waals surface area contributed by atoms with E-state index in [2.05, 4.69) is 6.58 Å². The number of rotatable bonds is 5. The predicted molar refractivity (Wildman–Crippen MR) is 74.4 cm³/mol.